The maximum absolute atomic E-state index is 15.3. The third-order valence-corrected chi connectivity index (χ3v) is 16.5. The summed E-state index contributed by atoms with van der Waals surface area (Å²) >= 11 is 0. The Balaban J connectivity index is 0.00000747. The zero-order valence-corrected chi connectivity index (χ0v) is 44.9. The van der Waals surface area contributed by atoms with E-state index >= 15 is 4.79 Å². The molecule has 0 radical (unpaired) electrons. The van der Waals surface area contributed by atoms with Crippen molar-refractivity contribution in [3.05, 3.63) is 190 Å². The molecule has 3 fully saturated rings. The molecule has 9 rings (SSSR count). The fourth-order valence-corrected chi connectivity index (χ4v) is 12.3. The number of aliphatic hydroxyl groups is 1. The molecule has 8 nitrogen and oxygen atoms in total. The van der Waals surface area contributed by atoms with Crippen molar-refractivity contribution in [2.75, 3.05) is 0 Å². The summed E-state index contributed by atoms with van der Waals surface area (Å²) < 4.78 is 6.59. The van der Waals surface area contributed by atoms with Crippen molar-refractivity contribution in [2.45, 2.75) is 172 Å². The van der Waals surface area contributed by atoms with Crippen LogP contribution in [0.2, 0.25) is 0 Å². The van der Waals surface area contributed by atoms with E-state index in [0.29, 0.717) is 41.4 Å². The SMILES string of the molecule is CCCCc1cc(-c2ccc(C3CCCCC3)cc2)ccc1C(O)(c1ccc(-c2ccc(C3CCCCC3)cc2)cc1CCCC)[C@H](C)OC(=O)[C@H]1[C@@H](C(=O)[O-])N(Cc2ccccc2)C(=O)N1Cc1ccccc1.[Li+]. The third kappa shape index (κ3) is 12.5. The average Bonchev–Trinajstić information content (AvgIpc) is 3.72. The molecule has 2 amide bonds. The molecule has 9 heteroatoms. The first-order valence-electron chi connectivity index (χ1n) is 27.8. The van der Waals surface area contributed by atoms with Crippen LogP contribution in [0.15, 0.2) is 146 Å². The van der Waals surface area contributed by atoms with Gasteiger partial charge in [-0.15, -0.1) is 0 Å². The summed E-state index contributed by atoms with van der Waals surface area (Å²) in [5.74, 6) is -1.31. The molecule has 1 saturated heterocycles. The Morgan fingerprint density at radius 1 is 0.587 bits per heavy atom. The number of ether oxygens (including phenoxy) is 1. The number of carbonyl (C=O) groups is 3. The molecule has 1 heterocycles. The predicted molar refractivity (Wildman–Crippen MR) is 293 cm³/mol. The monoisotopic (exact) mass is 999 g/mol. The number of aryl methyl sites for hydroxylation is 2. The van der Waals surface area contributed by atoms with Crippen LogP contribution in [0, 0.1) is 0 Å². The quantitative estimate of drug-likeness (QED) is 0.0603. The number of carboxylic acid groups (broad SMARTS) is 1. The number of carbonyl (C=O) groups excluding carboxylic acids is 3. The van der Waals surface area contributed by atoms with Crippen LogP contribution in [0.5, 0.6) is 0 Å². The van der Waals surface area contributed by atoms with Crippen molar-refractivity contribution in [3.63, 3.8) is 0 Å². The molecule has 6 aromatic rings. The van der Waals surface area contributed by atoms with E-state index in [-0.39, 0.29) is 32.0 Å². The molecule has 6 aromatic carbocycles. The van der Waals surface area contributed by atoms with E-state index in [1.807, 2.05) is 72.8 Å². The van der Waals surface area contributed by atoms with E-state index in [2.05, 4.69) is 86.6 Å². The number of aliphatic carboxylic acids is 1. The number of hydrogen-bond acceptors (Lipinski definition) is 6. The summed E-state index contributed by atoms with van der Waals surface area (Å²) in [5.41, 5.74) is 9.69. The van der Waals surface area contributed by atoms with Crippen LogP contribution >= 0.6 is 0 Å². The molecule has 3 atom stereocenters. The van der Waals surface area contributed by atoms with Crippen LogP contribution < -0.4 is 24.0 Å². The number of rotatable bonds is 20. The van der Waals surface area contributed by atoms with E-state index in [0.717, 1.165) is 64.6 Å². The average molecular weight is 999 g/mol. The molecule has 2 aliphatic carbocycles. The first-order valence-corrected chi connectivity index (χ1v) is 27.8. The normalized spacial score (nSPS) is 17.9. The molecule has 75 heavy (non-hydrogen) atoms. The minimum Gasteiger partial charge on any atom is -0.548 e. The van der Waals surface area contributed by atoms with Gasteiger partial charge in [0.25, 0.3) is 0 Å². The van der Waals surface area contributed by atoms with E-state index in [1.165, 1.54) is 85.1 Å². The van der Waals surface area contributed by atoms with Crippen LogP contribution in [-0.2, 0) is 45.9 Å². The van der Waals surface area contributed by atoms with Crippen molar-refractivity contribution in [2.24, 2.45) is 0 Å². The maximum atomic E-state index is 15.3. The molecule has 2 saturated carbocycles. The maximum Gasteiger partial charge on any atom is 1.00 e. The van der Waals surface area contributed by atoms with Gasteiger partial charge in [0, 0.05) is 13.1 Å². The number of amides is 2. The molecule has 0 spiro atoms. The summed E-state index contributed by atoms with van der Waals surface area (Å²) in [6, 6.07) is 45.0. The number of carboxylic acids is 1. The molecule has 386 valence electrons. The minimum absolute atomic E-state index is 0. The van der Waals surface area contributed by atoms with E-state index < -0.39 is 41.8 Å². The Kier molecular flexibility index (Phi) is 19.0. The standard InChI is InChI=1S/C66H76N2O6.Li/c1-4-6-24-57-42-55(53-34-30-51(31-35-53)49-26-16-10-17-27-49)38-40-59(57)66(73,60-41-39-56(43-58(60)25-7-5-2)54-36-32-52(33-37-54)50-28-18-11-19-29-50)46(3)74-64(71)62-61(63(69)70)67(44-47-20-12-8-13-21-47)65(72)68(62)45-48-22-14-9-15-23-48;/h8-9,12-15,20-23,30-43,46,49-50,61-62,73H,4-7,10-11,16-19,24-29,44-45H2,1-3H3,(H,69,70);/q;+1/p-1/t46-,61-,62+;/m0./s1. The van der Waals surface area contributed by atoms with Gasteiger partial charge in [-0.05, 0) is 137 Å². The number of nitrogens with zero attached hydrogens (tertiary/aromatic N) is 2. The van der Waals surface area contributed by atoms with Gasteiger partial charge in [-0.25, -0.2) is 9.59 Å². The number of benzene rings is 6. The molecule has 3 aliphatic rings. The Morgan fingerprint density at radius 2 is 0.987 bits per heavy atom. The van der Waals surface area contributed by atoms with E-state index in [1.54, 1.807) is 6.92 Å². The molecule has 0 aromatic heterocycles. The second-order valence-corrected chi connectivity index (χ2v) is 21.4. The van der Waals surface area contributed by atoms with Gasteiger partial charge in [-0.2, -0.15) is 0 Å². The van der Waals surface area contributed by atoms with Gasteiger partial charge in [0.2, 0.25) is 0 Å². The molecular formula is C66H75LiN2O6. The Morgan fingerprint density at radius 3 is 1.39 bits per heavy atom. The van der Waals surface area contributed by atoms with Crippen LogP contribution in [0.25, 0.3) is 22.3 Å². The number of hydrogen-bond donors (Lipinski definition) is 1. The summed E-state index contributed by atoms with van der Waals surface area (Å²) in [6.07, 6.45) is 16.3. The van der Waals surface area contributed by atoms with Crippen molar-refractivity contribution >= 4 is 18.0 Å². The number of unbranched alkanes of at least 4 members (excludes halogenated alkanes) is 2. The van der Waals surface area contributed by atoms with Crippen molar-refractivity contribution in [1.82, 2.24) is 9.80 Å². The topological polar surface area (TPSA) is 110 Å². The van der Waals surface area contributed by atoms with Crippen LogP contribution in [0.1, 0.15) is 167 Å². The van der Waals surface area contributed by atoms with Crippen LogP contribution in [0.3, 0.4) is 0 Å². The largest absolute Gasteiger partial charge is 1.00 e. The molecule has 0 bridgehead atoms. The zero-order chi connectivity index (χ0) is 51.6. The molecule has 1 aliphatic heterocycles. The second-order valence-electron chi connectivity index (χ2n) is 21.4. The van der Waals surface area contributed by atoms with E-state index in [4.69, 9.17) is 4.74 Å². The second kappa shape index (κ2) is 25.8. The van der Waals surface area contributed by atoms with Crippen molar-refractivity contribution < 1.29 is 48.2 Å². The van der Waals surface area contributed by atoms with E-state index in [9.17, 15) is 19.8 Å². The first kappa shape index (κ1) is 55.3. The van der Waals surface area contributed by atoms with Gasteiger partial charge in [0.15, 0.2) is 11.6 Å². The third-order valence-electron chi connectivity index (χ3n) is 16.5. The summed E-state index contributed by atoms with van der Waals surface area (Å²) in [6.45, 7) is 5.93. The molecule has 0 unspecified atom stereocenters. The predicted octanol–water partition coefficient (Wildman–Crippen LogP) is 10.6. The van der Waals surface area contributed by atoms with Gasteiger partial charge < -0.3 is 29.5 Å². The number of esters is 1. The van der Waals surface area contributed by atoms with Crippen LogP contribution in [0.4, 0.5) is 4.79 Å². The van der Waals surface area contributed by atoms with Gasteiger partial charge in [0.05, 0.1) is 5.97 Å². The van der Waals surface area contributed by atoms with Gasteiger partial charge >= 0.3 is 30.9 Å². The fourth-order valence-electron chi connectivity index (χ4n) is 12.3. The Bertz CT molecular complexity index is 2710. The smallest absolute Gasteiger partial charge is 0.548 e. The minimum atomic E-state index is -1.91. The van der Waals surface area contributed by atoms with Gasteiger partial charge in [-0.1, -0.05) is 211 Å². The van der Waals surface area contributed by atoms with Gasteiger partial charge in [0.1, 0.15) is 12.1 Å². The number of urea groups is 1. The zero-order valence-electron chi connectivity index (χ0n) is 44.9. The fraction of sp³-hybridized carbons (Fsp3) is 0.409. The van der Waals surface area contributed by atoms with Crippen molar-refractivity contribution in [1.29, 1.82) is 0 Å². The van der Waals surface area contributed by atoms with Crippen molar-refractivity contribution in [3.8, 4) is 22.3 Å². The first-order chi connectivity index (χ1) is 36.1. The Hall–Kier alpha value is -5.91. The summed E-state index contributed by atoms with van der Waals surface area (Å²) in [4.78, 5) is 45.7. The molecular weight excluding hydrogens is 924 g/mol. The Labute approximate surface area is 458 Å². The van der Waals surface area contributed by atoms with Crippen LogP contribution in [-0.4, -0.2) is 51.1 Å². The summed E-state index contributed by atoms with van der Waals surface area (Å²) in [5, 5.41) is 27.5. The van der Waals surface area contributed by atoms with Gasteiger partial charge in [-0.3, -0.25) is 0 Å². The molecule has 1 N–H and O–H groups in total. The summed E-state index contributed by atoms with van der Waals surface area (Å²) in [7, 11) is 0.